The second-order valence-corrected chi connectivity index (χ2v) is 8.09. The molecule has 9 nitrogen and oxygen atoms in total. The predicted molar refractivity (Wildman–Crippen MR) is 131 cm³/mol. The lowest BCUT2D eigenvalue weighted by Gasteiger charge is -2.26. The number of carbonyl (C=O) groups excluding carboxylic acids is 1. The largest absolute Gasteiger partial charge is 0.494 e. The van der Waals surface area contributed by atoms with E-state index in [4.69, 9.17) is 19.9 Å². The normalized spacial score (nSPS) is 14.3. The van der Waals surface area contributed by atoms with Gasteiger partial charge in [0.2, 0.25) is 5.88 Å². The smallest absolute Gasteiger partial charge is 0.343 e. The van der Waals surface area contributed by atoms with Crippen LogP contribution < -0.4 is 19.9 Å². The fraction of sp³-hybridized carbons (Fsp3) is 0.185. The molecule has 0 saturated carbocycles. The highest BCUT2D eigenvalue weighted by Crippen LogP contribution is 2.43. The van der Waals surface area contributed by atoms with Crippen molar-refractivity contribution in [3.05, 3.63) is 105 Å². The van der Waals surface area contributed by atoms with Crippen molar-refractivity contribution in [2.45, 2.75) is 25.7 Å². The maximum atomic E-state index is 12.7. The van der Waals surface area contributed by atoms with Gasteiger partial charge in [0.15, 0.2) is 0 Å². The Hall–Kier alpha value is -4.84. The number of nitrogens with zero attached hydrogens (tertiary/aromatic N) is 2. The first kappa shape index (κ1) is 24.3. The van der Waals surface area contributed by atoms with E-state index in [0.29, 0.717) is 34.8 Å². The van der Waals surface area contributed by atoms with Crippen LogP contribution in [0, 0.1) is 21.4 Å². The van der Waals surface area contributed by atoms with Crippen LogP contribution in [0.2, 0.25) is 0 Å². The highest BCUT2D eigenvalue weighted by Gasteiger charge is 2.31. The SMILES string of the molecule is CCCCOc1cccc(C(=O)Oc2ccc3c(c2)OC(N)=C(C#N)C3c2ccc([N+](=O)[O-])cc2)c1. The number of esters is 1. The van der Waals surface area contributed by atoms with Gasteiger partial charge >= 0.3 is 5.97 Å². The van der Waals surface area contributed by atoms with E-state index in [1.54, 1.807) is 48.5 Å². The number of nitrogens with two attached hydrogens (primary N) is 1. The van der Waals surface area contributed by atoms with E-state index in [0.717, 1.165) is 12.8 Å². The fourth-order valence-corrected chi connectivity index (χ4v) is 3.84. The summed E-state index contributed by atoms with van der Waals surface area (Å²) in [6.45, 7) is 2.63. The van der Waals surface area contributed by atoms with E-state index < -0.39 is 16.8 Å². The maximum absolute atomic E-state index is 12.7. The number of hydrogen-bond acceptors (Lipinski definition) is 8. The molecule has 0 aromatic heterocycles. The van der Waals surface area contributed by atoms with Gasteiger partial charge in [-0.05, 0) is 36.2 Å². The molecule has 1 heterocycles. The van der Waals surface area contributed by atoms with Gasteiger partial charge in [0, 0.05) is 23.8 Å². The number of benzene rings is 3. The minimum absolute atomic E-state index is 0.0661. The zero-order chi connectivity index (χ0) is 25.7. The van der Waals surface area contributed by atoms with Gasteiger partial charge in [0.1, 0.15) is 28.9 Å². The minimum Gasteiger partial charge on any atom is -0.494 e. The van der Waals surface area contributed by atoms with Crippen LogP contribution in [-0.4, -0.2) is 17.5 Å². The van der Waals surface area contributed by atoms with Crippen LogP contribution in [0.3, 0.4) is 0 Å². The molecule has 182 valence electrons. The summed E-state index contributed by atoms with van der Waals surface area (Å²) in [5.41, 5.74) is 7.72. The lowest BCUT2D eigenvalue weighted by Crippen LogP contribution is -2.21. The summed E-state index contributed by atoms with van der Waals surface area (Å²) in [6.07, 6.45) is 1.92. The fourth-order valence-electron chi connectivity index (χ4n) is 3.84. The highest BCUT2D eigenvalue weighted by molar-refractivity contribution is 5.91. The lowest BCUT2D eigenvalue weighted by atomic mass is 9.83. The van der Waals surface area contributed by atoms with Crippen LogP contribution >= 0.6 is 0 Å². The van der Waals surface area contributed by atoms with Crippen molar-refractivity contribution in [1.29, 1.82) is 5.26 Å². The van der Waals surface area contributed by atoms with E-state index in [9.17, 15) is 20.2 Å². The topological polar surface area (TPSA) is 138 Å². The Morgan fingerprint density at radius 1 is 1.14 bits per heavy atom. The Bertz CT molecular complexity index is 1380. The quantitative estimate of drug-likeness (QED) is 0.151. The number of allylic oxidation sites excluding steroid dienone is 1. The van der Waals surface area contributed by atoms with Crippen molar-refractivity contribution in [2.75, 3.05) is 6.61 Å². The van der Waals surface area contributed by atoms with Crippen molar-refractivity contribution < 1.29 is 23.9 Å². The van der Waals surface area contributed by atoms with Gasteiger partial charge in [-0.1, -0.05) is 37.6 Å². The lowest BCUT2D eigenvalue weighted by molar-refractivity contribution is -0.384. The van der Waals surface area contributed by atoms with Gasteiger partial charge in [-0.3, -0.25) is 10.1 Å². The third kappa shape index (κ3) is 5.13. The first-order valence-corrected chi connectivity index (χ1v) is 11.3. The number of nitriles is 1. The van der Waals surface area contributed by atoms with Crippen molar-refractivity contribution in [1.82, 2.24) is 0 Å². The molecule has 0 saturated heterocycles. The summed E-state index contributed by atoms with van der Waals surface area (Å²) in [5, 5.41) is 20.7. The molecule has 1 aliphatic rings. The number of ether oxygens (including phenoxy) is 3. The molecule has 0 amide bonds. The molecule has 3 aromatic carbocycles. The molecule has 0 radical (unpaired) electrons. The van der Waals surface area contributed by atoms with E-state index in [2.05, 4.69) is 13.0 Å². The first-order valence-electron chi connectivity index (χ1n) is 11.3. The van der Waals surface area contributed by atoms with Crippen molar-refractivity contribution >= 4 is 11.7 Å². The maximum Gasteiger partial charge on any atom is 0.343 e. The predicted octanol–water partition coefficient (Wildman–Crippen LogP) is 5.21. The van der Waals surface area contributed by atoms with Crippen LogP contribution in [0.5, 0.6) is 17.2 Å². The molecular formula is C27H23N3O6. The number of unbranched alkanes of at least 4 members (excludes halogenated alkanes) is 1. The van der Waals surface area contributed by atoms with Gasteiger partial charge in [-0.25, -0.2) is 4.79 Å². The molecule has 1 atom stereocenters. The van der Waals surface area contributed by atoms with Gasteiger partial charge in [0.05, 0.1) is 23.0 Å². The zero-order valence-electron chi connectivity index (χ0n) is 19.5. The molecular weight excluding hydrogens is 462 g/mol. The molecule has 2 N–H and O–H groups in total. The van der Waals surface area contributed by atoms with E-state index in [-0.39, 0.29) is 22.9 Å². The number of nitro groups is 1. The molecule has 36 heavy (non-hydrogen) atoms. The van der Waals surface area contributed by atoms with E-state index >= 15 is 0 Å². The summed E-state index contributed by atoms with van der Waals surface area (Å²) in [6, 6.07) is 19.5. The van der Waals surface area contributed by atoms with Crippen LogP contribution in [0.15, 0.2) is 78.2 Å². The molecule has 4 rings (SSSR count). The zero-order valence-corrected chi connectivity index (χ0v) is 19.5. The highest BCUT2D eigenvalue weighted by atomic mass is 16.6. The standard InChI is InChI=1S/C27H23N3O6/c1-2-3-13-34-20-6-4-5-18(14-20)27(31)35-21-11-12-22-24(15-21)36-26(29)23(16-28)25(22)17-7-9-19(10-8-17)30(32)33/h4-12,14-15,25H,2-3,13,29H2,1H3. The average molecular weight is 485 g/mol. The van der Waals surface area contributed by atoms with E-state index in [1.165, 1.54) is 18.2 Å². The van der Waals surface area contributed by atoms with Gasteiger partial charge in [-0.2, -0.15) is 5.26 Å². The van der Waals surface area contributed by atoms with Crippen molar-refractivity contribution in [2.24, 2.45) is 5.73 Å². The Labute approximate surface area is 207 Å². The Morgan fingerprint density at radius 3 is 2.61 bits per heavy atom. The Kier molecular flexibility index (Phi) is 7.16. The molecule has 0 fully saturated rings. The summed E-state index contributed by atoms with van der Waals surface area (Å²) in [4.78, 5) is 23.3. The van der Waals surface area contributed by atoms with Crippen LogP contribution in [0.25, 0.3) is 0 Å². The molecule has 0 bridgehead atoms. The number of carbonyl (C=O) groups is 1. The first-order chi connectivity index (χ1) is 17.4. The molecule has 3 aromatic rings. The summed E-state index contributed by atoms with van der Waals surface area (Å²) in [5.74, 6) is -0.127. The monoisotopic (exact) mass is 485 g/mol. The third-order valence-corrected chi connectivity index (χ3v) is 5.67. The summed E-state index contributed by atoms with van der Waals surface area (Å²) in [7, 11) is 0. The van der Waals surface area contributed by atoms with E-state index in [1.807, 2.05) is 0 Å². The van der Waals surface area contributed by atoms with Crippen LogP contribution in [-0.2, 0) is 0 Å². The van der Waals surface area contributed by atoms with Crippen molar-refractivity contribution in [3.63, 3.8) is 0 Å². The number of rotatable bonds is 8. The summed E-state index contributed by atoms with van der Waals surface area (Å²) < 4.78 is 16.9. The number of nitro benzene ring substituents is 1. The average Bonchev–Trinajstić information content (AvgIpc) is 2.88. The number of non-ortho nitro benzene ring substituents is 1. The third-order valence-electron chi connectivity index (χ3n) is 5.67. The van der Waals surface area contributed by atoms with Crippen LogP contribution in [0.1, 0.15) is 47.2 Å². The Morgan fingerprint density at radius 2 is 1.92 bits per heavy atom. The second kappa shape index (κ2) is 10.6. The molecule has 0 aliphatic carbocycles. The molecule has 0 spiro atoms. The molecule has 1 unspecified atom stereocenters. The molecule has 9 heteroatoms. The second-order valence-electron chi connectivity index (χ2n) is 8.09. The minimum atomic E-state index is -0.596. The number of hydrogen-bond donors (Lipinski definition) is 1. The Balaban J connectivity index is 1.59. The van der Waals surface area contributed by atoms with Gasteiger partial charge in [-0.15, -0.1) is 0 Å². The van der Waals surface area contributed by atoms with Gasteiger partial charge < -0.3 is 19.9 Å². The van der Waals surface area contributed by atoms with Crippen molar-refractivity contribution in [3.8, 4) is 23.3 Å². The summed E-state index contributed by atoms with van der Waals surface area (Å²) >= 11 is 0. The van der Waals surface area contributed by atoms with Crippen LogP contribution in [0.4, 0.5) is 5.69 Å². The number of fused-ring (bicyclic) bond motifs is 1. The molecule has 1 aliphatic heterocycles. The van der Waals surface area contributed by atoms with Gasteiger partial charge in [0.25, 0.3) is 5.69 Å².